The summed E-state index contributed by atoms with van der Waals surface area (Å²) in [6, 6.07) is 0. The number of rotatable bonds is 0. The summed E-state index contributed by atoms with van der Waals surface area (Å²) in [5, 5.41) is 21.5. The van der Waals surface area contributed by atoms with E-state index in [1.54, 1.807) is 0 Å². The van der Waals surface area contributed by atoms with Gasteiger partial charge in [-0.05, 0) is 97.7 Å². The molecule has 13 atom stereocenters. The highest BCUT2D eigenvalue weighted by atomic mass is 16.7. The van der Waals surface area contributed by atoms with E-state index in [0.29, 0.717) is 47.0 Å². The monoisotopic (exact) mass is 432 g/mol. The average molecular weight is 433 g/mol. The highest BCUT2D eigenvalue weighted by molar-refractivity contribution is 5.16. The van der Waals surface area contributed by atoms with Crippen LogP contribution in [0.4, 0.5) is 0 Å². The summed E-state index contributed by atoms with van der Waals surface area (Å²) in [5.41, 5.74) is 0.495. The highest BCUT2D eigenvalue weighted by Gasteiger charge is 2.69. The second kappa shape index (κ2) is 6.93. The average Bonchev–Trinajstić information content (AvgIpc) is 3.17. The van der Waals surface area contributed by atoms with Gasteiger partial charge in [0.15, 0.2) is 5.79 Å². The molecule has 2 N–H and O–H groups in total. The van der Waals surface area contributed by atoms with E-state index in [1.165, 1.54) is 19.3 Å². The molecule has 6 aliphatic rings. The fourth-order valence-electron chi connectivity index (χ4n) is 10.3. The van der Waals surface area contributed by atoms with Crippen molar-refractivity contribution in [1.82, 2.24) is 0 Å². The van der Waals surface area contributed by atoms with Gasteiger partial charge in [0.1, 0.15) is 0 Å². The molecule has 4 heteroatoms. The Hall–Kier alpha value is -0.160. The summed E-state index contributed by atoms with van der Waals surface area (Å²) in [6.45, 7) is 10.6. The van der Waals surface area contributed by atoms with Crippen LogP contribution in [0.15, 0.2) is 0 Å². The minimum atomic E-state index is -0.338. The molecule has 6 fully saturated rings. The molecule has 0 aromatic rings. The van der Waals surface area contributed by atoms with E-state index in [0.717, 1.165) is 45.1 Å². The zero-order valence-corrected chi connectivity index (χ0v) is 20.1. The largest absolute Gasteiger partial charge is 0.393 e. The van der Waals surface area contributed by atoms with Crippen LogP contribution in [0, 0.1) is 52.3 Å². The van der Waals surface area contributed by atoms with Gasteiger partial charge in [-0.1, -0.05) is 27.7 Å². The van der Waals surface area contributed by atoms with Crippen LogP contribution in [0.3, 0.4) is 0 Å². The molecule has 4 saturated carbocycles. The molecule has 9 unspecified atom stereocenters. The molecular weight excluding hydrogens is 388 g/mol. The third kappa shape index (κ3) is 2.80. The molecule has 176 valence electrons. The van der Waals surface area contributed by atoms with Crippen LogP contribution in [-0.4, -0.2) is 40.9 Å². The molecule has 1 spiro atoms. The van der Waals surface area contributed by atoms with Gasteiger partial charge in [-0.25, -0.2) is 0 Å². The first-order valence-electron chi connectivity index (χ1n) is 13.4. The quantitative estimate of drug-likeness (QED) is 0.579. The van der Waals surface area contributed by atoms with Crippen molar-refractivity contribution in [3.63, 3.8) is 0 Å². The van der Waals surface area contributed by atoms with Gasteiger partial charge in [0.25, 0.3) is 0 Å². The lowest BCUT2D eigenvalue weighted by Gasteiger charge is -2.62. The van der Waals surface area contributed by atoms with Crippen LogP contribution in [0.2, 0.25) is 0 Å². The molecule has 0 bridgehead atoms. The summed E-state index contributed by atoms with van der Waals surface area (Å²) >= 11 is 0. The van der Waals surface area contributed by atoms with Crippen molar-refractivity contribution in [3.8, 4) is 0 Å². The van der Waals surface area contributed by atoms with Crippen molar-refractivity contribution in [1.29, 1.82) is 0 Å². The fraction of sp³-hybridized carbons (Fsp3) is 1.00. The first-order chi connectivity index (χ1) is 14.7. The van der Waals surface area contributed by atoms with Gasteiger partial charge in [0.05, 0.1) is 24.9 Å². The van der Waals surface area contributed by atoms with E-state index in [1.807, 2.05) is 0 Å². The third-order valence-electron chi connectivity index (χ3n) is 11.9. The Labute approximate surface area is 188 Å². The molecule has 2 saturated heterocycles. The van der Waals surface area contributed by atoms with Crippen molar-refractivity contribution >= 4 is 0 Å². The Kier molecular flexibility index (Phi) is 4.78. The number of aliphatic hydroxyl groups is 2. The standard InChI is InChI=1S/C27H44O4/c1-15-5-10-27(30-14-15)16(2)24-23(31-27)13-20-18-12-22(29)21-11-17(28)6-8-25(21,3)19(18)7-9-26(20,24)4/h15-24,28-29H,5-14H2,1-4H3/t15-,16?,17-,18?,19?,20?,21?,22?,23?,24?,25+,26-,27?/m0/s1. The van der Waals surface area contributed by atoms with E-state index in [9.17, 15) is 10.2 Å². The van der Waals surface area contributed by atoms with Gasteiger partial charge in [-0.2, -0.15) is 0 Å². The van der Waals surface area contributed by atoms with Crippen LogP contribution < -0.4 is 0 Å². The molecule has 4 aliphatic carbocycles. The highest BCUT2D eigenvalue weighted by Crippen LogP contribution is 2.71. The Morgan fingerprint density at radius 2 is 1.58 bits per heavy atom. The molecular formula is C27H44O4. The van der Waals surface area contributed by atoms with Crippen LogP contribution in [0.5, 0.6) is 0 Å². The van der Waals surface area contributed by atoms with Crippen molar-refractivity contribution in [2.45, 2.75) is 110 Å². The van der Waals surface area contributed by atoms with Gasteiger partial charge < -0.3 is 19.7 Å². The predicted octanol–water partition coefficient (Wildman–Crippen LogP) is 4.76. The van der Waals surface area contributed by atoms with Gasteiger partial charge in [0.2, 0.25) is 0 Å². The number of ether oxygens (including phenoxy) is 2. The Morgan fingerprint density at radius 1 is 0.806 bits per heavy atom. The molecule has 6 rings (SSSR count). The topological polar surface area (TPSA) is 58.9 Å². The maximum atomic E-state index is 11.2. The maximum absolute atomic E-state index is 11.2. The minimum Gasteiger partial charge on any atom is -0.393 e. The first kappa shape index (κ1) is 21.4. The van der Waals surface area contributed by atoms with Crippen LogP contribution in [0.1, 0.15) is 85.5 Å². The van der Waals surface area contributed by atoms with Crippen LogP contribution in [-0.2, 0) is 9.47 Å². The maximum Gasteiger partial charge on any atom is 0.171 e. The van der Waals surface area contributed by atoms with E-state index in [-0.39, 0.29) is 29.3 Å². The van der Waals surface area contributed by atoms with E-state index in [4.69, 9.17) is 9.47 Å². The lowest BCUT2D eigenvalue weighted by Crippen LogP contribution is -2.58. The molecule has 2 aliphatic heterocycles. The number of hydrogen-bond acceptors (Lipinski definition) is 4. The molecule has 0 amide bonds. The van der Waals surface area contributed by atoms with Crippen molar-refractivity contribution in [2.24, 2.45) is 52.3 Å². The van der Waals surface area contributed by atoms with E-state index >= 15 is 0 Å². The lowest BCUT2D eigenvalue weighted by molar-refractivity contribution is -0.273. The first-order valence-corrected chi connectivity index (χ1v) is 13.4. The zero-order valence-electron chi connectivity index (χ0n) is 20.1. The van der Waals surface area contributed by atoms with Crippen LogP contribution >= 0.6 is 0 Å². The summed E-state index contributed by atoms with van der Waals surface area (Å²) in [4.78, 5) is 0. The van der Waals surface area contributed by atoms with Crippen molar-refractivity contribution in [3.05, 3.63) is 0 Å². The minimum absolute atomic E-state index is 0.191. The number of fused-ring (bicyclic) bond motifs is 7. The smallest absolute Gasteiger partial charge is 0.171 e. The molecule has 31 heavy (non-hydrogen) atoms. The lowest BCUT2D eigenvalue weighted by atomic mass is 9.43. The zero-order chi connectivity index (χ0) is 21.8. The fourth-order valence-corrected chi connectivity index (χ4v) is 10.3. The summed E-state index contributed by atoms with van der Waals surface area (Å²) in [5.74, 6) is 3.58. The Bertz CT molecular complexity index is 716. The molecule has 0 aromatic heterocycles. The van der Waals surface area contributed by atoms with Crippen molar-refractivity contribution < 1.29 is 19.7 Å². The summed E-state index contributed by atoms with van der Waals surface area (Å²) < 4.78 is 13.3. The second-order valence-corrected chi connectivity index (χ2v) is 13.2. The summed E-state index contributed by atoms with van der Waals surface area (Å²) in [6.07, 6.45) is 9.58. The predicted molar refractivity (Wildman–Crippen MR) is 119 cm³/mol. The number of aliphatic hydroxyl groups excluding tert-OH is 2. The Morgan fingerprint density at radius 3 is 2.32 bits per heavy atom. The third-order valence-corrected chi connectivity index (χ3v) is 11.9. The molecule has 0 radical (unpaired) electrons. The second-order valence-electron chi connectivity index (χ2n) is 13.2. The van der Waals surface area contributed by atoms with E-state index in [2.05, 4.69) is 27.7 Å². The normalized spacial score (nSPS) is 63.3. The van der Waals surface area contributed by atoms with Gasteiger partial charge in [-0.3, -0.25) is 0 Å². The van der Waals surface area contributed by atoms with Crippen molar-refractivity contribution in [2.75, 3.05) is 6.61 Å². The van der Waals surface area contributed by atoms with Gasteiger partial charge >= 0.3 is 0 Å². The number of hydrogen-bond donors (Lipinski definition) is 2. The van der Waals surface area contributed by atoms with Crippen LogP contribution in [0.25, 0.3) is 0 Å². The van der Waals surface area contributed by atoms with Gasteiger partial charge in [0, 0.05) is 12.3 Å². The molecule has 0 aromatic carbocycles. The summed E-state index contributed by atoms with van der Waals surface area (Å²) in [7, 11) is 0. The SMILES string of the molecule is CC1C2C(CC3C4CC(O)C5C[C@@H](O)CC[C@]5(C)C4CC[C@@]32C)OC12CC[C@H](C)CO2. The van der Waals surface area contributed by atoms with Gasteiger partial charge in [-0.15, -0.1) is 0 Å². The molecule has 4 nitrogen and oxygen atoms in total. The Balaban J connectivity index is 1.28. The van der Waals surface area contributed by atoms with E-state index < -0.39 is 0 Å². The molecule has 2 heterocycles.